The van der Waals surface area contributed by atoms with E-state index in [4.69, 9.17) is 4.74 Å². The number of rotatable bonds is 9. The molecule has 0 aliphatic rings. The number of fused-ring (bicyclic) bond motifs is 1. The predicted molar refractivity (Wildman–Crippen MR) is 125 cm³/mol. The average Bonchev–Trinajstić information content (AvgIpc) is 3.17. The number of H-pyrrole nitrogens is 1. The van der Waals surface area contributed by atoms with Crippen LogP contribution in [0.5, 0.6) is 5.75 Å². The average molecular weight is 440 g/mol. The van der Waals surface area contributed by atoms with E-state index in [2.05, 4.69) is 20.6 Å². The zero-order chi connectivity index (χ0) is 22.9. The van der Waals surface area contributed by atoms with Gasteiger partial charge in [0.2, 0.25) is 0 Å². The Morgan fingerprint density at radius 1 is 1.19 bits per heavy atom. The summed E-state index contributed by atoms with van der Waals surface area (Å²) in [6.45, 7) is 3.92. The maximum absolute atomic E-state index is 13.4. The fourth-order valence-electron chi connectivity index (χ4n) is 3.20. The lowest BCUT2D eigenvalue weighted by molar-refractivity contribution is -0.130. The van der Waals surface area contributed by atoms with E-state index in [1.54, 1.807) is 20.2 Å². The maximum Gasteiger partial charge on any atom is 0.259 e. The van der Waals surface area contributed by atoms with Crippen LogP contribution in [0, 0.1) is 5.82 Å². The van der Waals surface area contributed by atoms with Crippen LogP contribution in [0.1, 0.15) is 18.1 Å². The Labute approximate surface area is 187 Å². The molecule has 3 aromatic rings. The first-order valence-corrected chi connectivity index (χ1v) is 10.7. The van der Waals surface area contributed by atoms with Gasteiger partial charge in [0.1, 0.15) is 11.6 Å². The molecule has 0 saturated heterocycles. The van der Waals surface area contributed by atoms with Gasteiger partial charge < -0.3 is 25.3 Å². The summed E-state index contributed by atoms with van der Waals surface area (Å²) < 4.78 is 18.9. The summed E-state index contributed by atoms with van der Waals surface area (Å²) in [6.07, 6.45) is 2.70. The number of carbonyl (C=O) groups excluding carboxylic acids is 1. The third-order valence-electron chi connectivity index (χ3n) is 4.94. The molecule has 2 aromatic carbocycles. The van der Waals surface area contributed by atoms with Crippen molar-refractivity contribution < 1.29 is 13.9 Å². The minimum atomic E-state index is -0.246. The SMILES string of the molecule is CCNC(=NCc1cccc(OCC(=O)N(C)C)c1)NCCc1c[nH]c2cc(F)ccc12. The second-order valence-electron chi connectivity index (χ2n) is 7.60. The monoisotopic (exact) mass is 439 g/mol. The van der Waals surface area contributed by atoms with Gasteiger partial charge in [-0.3, -0.25) is 4.79 Å². The molecule has 3 N–H and O–H groups in total. The zero-order valence-electron chi connectivity index (χ0n) is 18.7. The number of benzene rings is 2. The molecule has 170 valence electrons. The number of nitrogens with one attached hydrogen (secondary N) is 3. The molecular weight excluding hydrogens is 409 g/mol. The van der Waals surface area contributed by atoms with Gasteiger partial charge >= 0.3 is 0 Å². The summed E-state index contributed by atoms with van der Waals surface area (Å²) in [7, 11) is 3.40. The summed E-state index contributed by atoms with van der Waals surface area (Å²) in [4.78, 5) is 21.0. The third kappa shape index (κ3) is 6.47. The molecule has 1 amide bonds. The molecule has 7 nitrogen and oxygen atoms in total. The van der Waals surface area contributed by atoms with E-state index >= 15 is 0 Å². The number of carbonyl (C=O) groups is 1. The lowest BCUT2D eigenvalue weighted by Gasteiger charge is -2.12. The number of ether oxygens (including phenoxy) is 1. The predicted octanol–water partition coefficient (Wildman–Crippen LogP) is 3.07. The van der Waals surface area contributed by atoms with E-state index in [1.165, 1.54) is 17.0 Å². The summed E-state index contributed by atoms with van der Waals surface area (Å²) in [5, 5.41) is 7.61. The second kappa shape index (κ2) is 11.2. The first kappa shape index (κ1) is 23.1. The van der Waals surface area contributed by atoms with Gasteiger partial charge in [0.05, 0.1) is 6.54 Å². The molecule has 0 aliphatic carbocycles. The smallest absolute Gasteiger partial charge is 0.259 e. The van der Waals surface area contributed by atoms with Crippen molar-refractivity contribution in [1.29, 1.82) is 0 Å². The van der Waals surface area contributed by atoms with Crippen molar-refractivity contribution in [3.63, 3.8) is 0 Å². The van der Waals surface area contributed by atoms with Crippen LogP contribution >= 0.6 is 0 Å². The second-order valence-corrected chi connectivity index (χ2v) is 7.60. The van der Waals surface area contributed by atoms with Crippen LogP contribution in [0.2, 0.25) is 0 Å². The van der Waals surface area contributed by atoms with E-state index in [9.17, 15) is 9.18 Å². The minimum absolute atomic E-state index is 0.00436. The van der Waals surface area contributed by atoms with E-state index in [0.717, 1.165) is 35.0 Å². The quantitative estimate of drug-likeness (QED) is 0.354. The molecule has 0 bridgehead atoms. The summed E-state index contributed by atoms with van der Waals surface area (Å²) in [5.74, 6) is 1.02. The Morgan fingerprint density at radius 3 is 2.81 bits per heavy atom. The number of amides is 1. The van der Waals surface area contributed by atoms with Gasteiger partial charge in [-0.15, -0.1) is 0 Å². The molecule has 3 rings (SSSR count). The molecule has 0 fully saturated rings. The van der Waals surface area contributed by atoms with Crippen molar-refractivity contribution >= 4 is 22.8 Å². The van der Waals surface area contributed by atoms with Gasteiger partial charge in [0.15, 0.2) is 12.6 Å². The van der Waals surface area contributed by atoms with Crippen LogP contribution in [-0.4, -0.2) is 55.5 Å². The van der Waals surface area contributed by atoms with E-state index in [-0.39, 0.29) is 18.3 Å². The number of aromatic nitrogens is 1. The van der Waals surface area contributed by atoms with Gasteiger partial charge in [-0.2, -0.15) is 0 Å². The third-order valence-corrected chi connectivity index (χ3v) is 4.94. The number of likely N-dealkylation sites (N-methyl/N-ethyl adjacent to an activating group) is 1. The van der Waals surface area contributed by atoms with Crippen LogP contribution in [0.15, 0.2) is 53.7 Å². The van der Waals surface area contributed by atoms with E-state index in [1.807, 2.05) is 37.4 Å². The van der Waals surface area contributed by atoms with Crippen LogP contribution < -0.4 is 15.4 Å². The van der Waals surface area contributed by atoms with Crippen molar-refractivity contribution in [3.8, 4) is 5.75 Å². The molecule has 0 radical (unpaired) electrons. The van der Waals surface area contributed by atoms with Gasteiger partial charge in [-0.25, -0.2) is 9.38 Å². The number of hydrogen-bond donors (Lipinski definition) is 3. The topological polar surface area (TPSA) is 81.8 Å². The van der Waals surface area contributed by atoms with Crippen molar-refractivity contribution in [2.45, 2.75) is 19.9 Å². The van der Waals surface area contributed by atoms with E-state index in [0.29, 0.717) is 24.8 Å². The largest absolute Gasteiger partial charge is 0.484 e. The Bertz CT molecular complexity index is 1080. The molecule has 8 heteroatoms. The number of aliphatic imine (C=N–C) groups is 1. The fourth-order valence-corrected chi connectivity index (χ4v) is 3.20. The first-order valence-electron chi connectivity index (χ1n) is 10.7. The molecule has 0 spiro atoms. The fraction of sp³-hybridized carbons (Fsp3) is 0.333. The zero-order valence-corrected chi connectivity index (χ0v) is 18.7. The van der Waals surface area contributed by atoms with Gasteiger partial charge in [0, 0.05) is 44.3 Å². The molecule has 32 heavy (non-hydrogen) atoms. The maximum atomic E-state index is 13.4. The van der Waals surface area contributed by atoms with Crippen molar-refractivity contribution in [3.05, 3.63) is 65.6 Å². The summed E-state index contributed by atoms with van der Waals surface area (Å²) in [5.41, 5.74) is 2.91. The number of halogens is 1. The highest BCUT2D eigenvalue weighted by Gasteiger charge is 2.07. The lowest BCUT2D eigenvalue weighted by atomic mass is 10.1. The standard InChI is InChI=1S/C24H30FN5O2/c1-4-26-24(27-11-10-18-15-28-22-13-19(25)8-9-21(18)22)29-14-17-6-5-7-20(12-17)32-16-23(31)30(2)3/h5-9,12-13,15,28H,4,10-11,14,16H2,1-3H3,(H2,26,27,29). The van der Waals surface area contributed by atoms with Gasteiger partial charge in [-0.1, -0.05) is 12.1 Å². The molecule has 1 heterocycles. The van der Waals surface area contributed by atoms with Crippen molar-refractivity contribution in [2.75, 3.05) is 33.8 Å². The Balaban J connectivity index is 1.56. The molecule has 1 aromatic heterocycles. The van der Waals surface area contributed by atoms with Crippen molar-refractivity contribution in [2.24, 2.45) is 4.99 Å². The molecule has 0 saturated carbocycles. The molecule has 0 unspecified atom stereocenters. The Morgan fingerprint density at radius 2 is 2.03 bits per heavy atom. The first-order chi connectivity index (χ1) is 15.5. The van der Waals surface area contributed by atoms with Crippen LogP contribution in [-0.2, 0) is 17.8 Å². The number of hydrogen-bond acceptors (Lipinski definition) is 3. The highest BCUT2D eigenvalue weighted by atomic mass is 19.1. The highest BCUT2D eigenvalue weighted by molar-refractivity contribution is 5.83. The van der Waals surface area contributed by atoms with E-state index < -0.39 is 0 Å². The number of aromatic amines is 1. The van der Waals surface area contributed by atoms with Crippen LogP contribution in [0.4, 0.5) is 4.39 Å². The van der Waals surface area contributed by atoms with Crippen LogP contribution in [0.3, 0.4) is 0 Å². The Hall–Kier alpha value is -3.55. The molecule has 0 atom stereocenters. The minimum Gasteiger partial charge on any atom is -0.484 e. The van der Waals surface area contributed by atoms with Gasteiger partial charge in [-0.05, 0) is 54.8 Å². The summed E-state index contributed by atoms with van der Waals surface area (Å²) >= 11 is 0. The number of nitrogens with zero attached hydrogens (tertiary/aromatic N) is 2. The highest BCUT2D eigenvalue weighted by Crippen LogP contribution is 2.19. The lowest BCUT2D eigenvalue weighted by Crippen LogP contribution is -2.38. The van der Waals surface area contributed by atoms with Crippen LogP contribution in [0.25, 0.3) is 10.9 Å². The van der Waals surface area contributed by atoms with Crippen molar-refractivity contribution in [1.82, 2.24) is 20.5 Å². The number of guanidine groups is 1. The Kier molecular flexibility index (Phi) is 8.08. The molecular formula is C24H30FN5O2. The normalized spacial score (nSPS) is 11.4. The summed E-state index contributed by atoms with van der Waals surface area (Å²) in [6, 6.07) is 12.4. The molecule has 0 aliphatic heterocycles. The van der Waals surface area contributed by atoms with Gasteiger partial charge in [0.25, 0.3) is 5.91 Å².